The van der Waals surface area contributed by atoms with Gasteiger partial charge < -0.3 is 5.32 Å². The monoisotopic (exact) mass is 370 g/mol. The number of nitrogens with zero attached hydrogens (tertiary/aromatic N) is 5. The Balaban J connectivity index is 1.56. The fourth-order valence-corrected chi connectivity index (χ4v) is 3.36. The zero-order valence-electron chi connectivity index (χ0n) is 14.9. The van der Waals surface area contributed by atoms with Gasteiger partial charge in [0, 0.05) is 12.1 Å². The van der Waals surface area contributed by atoms with Crippen molar-refractivity contribution in [3.8, 4) is 10.6 Å². The summed E-state index contributed by atoms with van der Waals surface area (Å²) in [6.45, 7) is 5.42. The number of hydrogen-bond acceptors (Lipinski definition) is 6. The fourth-order valence-electron chi connectivity index (χ4n) is 2.57. The van der Waals surface area contributed by atoms with Crippen molar-refractivity contribution in [3.63, 3.8) is 0 Å². The minimum atomic E-state index is -0.253. The summed E-state index contributed by atoms with van der Waals surface area (Å²) in [7, 11) is 0. The molecule has 3 aromatic rings. The maximum Gasteiger partial charge on any atom is 0.273 e. The number of hydrogen-bond donors (Lipinski definition) is 1. The molecule has 0 aliphatic heterocycles. The molecule has 2 heterocycles. The Morgan fingerprint density at radius 1 is 1.15 bits per heavy atom. The molecule has 7 nitrogen and oxygen atoms in total. The number of carbonyl (C=O) groups excluding carboxylic acids is 1. The Morgan fingerprint density at radius 3 is 2.65 bits per heavy atom. The molecule has 3 rings (SSSR count). The van der Waals surface area contributed by atoms with E-state index >= 15 is 0 Å². The van der Waals surface area contributed by atoms with E-state index in [1.54, 1.807) is 10.9 Å². The number of nitrogens with one attached hydrogen (secondary N) is 1. The van der Waals surface area contributed by atoms with Crippen LogP contribution in [0.4, 0.5) is 0 Å². The molecule has 8 heteroatoms. The predicted octanol–water partition coefficient (Wildman–Crippen LogP) is 3.16. The summed E-state index contributed by atoms with van der Waals surface area (Å²) in [5.41, 5.74) is 1.34. The molecule has 0 unspecified atom stereocenters. The third-order valence-electron chi connectivity index (χ3n) is 4.26. The summed E-state index contributed by atoms with van der Waals surface area (Å²) in [5, 5.41) is 20.8. The first-order chi connectivity index (χ1) is 12.7. The van der Waals surface area contributed by atoms with Crippen molar-refractivity contribution in [1.82, 2.24) is 30.5 Å². The number of amides is 1. The Kier molecular flexibility index (Phi) is 6.06. The minimum Gasteiger partial charge on any atom is -0.344 e. The van der Waals surface area contributed by atoms with Gasteiger partial charge in [-0.2, -0.15) is 0 Å². The molecular formula is C18H22N6OS. The van der Waals surface area contributed by atoms with Gasteiger partial charge in [-0.25, -0.2) is 0 Å². The molecule has 0 fully saturated rings. The molecule has 1 aromatic carbocycles. The lowest BCUT2D eigenvalue weighted by molar-refractivity contribution is 0.0945. The highest BCUT2D eigenvalue weighted by Gasteiger charge is 2.14. The number of aromatic nitrogens is 5. The molecule has 0 atom stereocenters. The predicted molar refractivity (Wildman–Crippen MR) is 101 cm³/mol. The van der Waals surface area contributed by atoms with Crippen LogP contribution in [0.5, 0.6) is 0 Å². The zero-order valence-corrected chi connectivity index (χ0v) is 15.7. The first-order valence-corrected chi connectivity index (χ1v) is 9.57. The van der Waals surface area contributed by atoms with Gasteiger partial charge in [-0.1, -0.05) is 73.6 Å². The fraction of sp³-hybridized carbons (Fsp3) is 0.389. The van der Waals surface area contributed by atoms with E-state index < -0.39 is 0 Å². The van der Waals surface area contributed by atoms with Gasteiger partial charge in [0.05, 0.1) is 12.7 Å². The van der Waals surface area contributed by atoms with Crippen LogP contribution in [0.15, 0.2) is 36.5 Å². The van der Waals surface area contributed by atoms with Gasteiger partial charge >= 0.3 is 0 Å². The van der Waals surface area contributed by atoms with Crippen molar-refractivity contribution in [1.29, 1.82) is 0 Å². The lowest BCUT2D eigenvalue weighted by Crippen LogP contribution is -2.23. The molecule has 0 aliphatic rings. The van der Waals surface area contributed by atoms with Gasteiger partial charge in [0.15, 0.2) is 5.69 Å². The highest BCUT2D eigenvalue weighted by atomic mass is 32.1. The summed E-state index contributed by atoms with van der Waals surface area (Å²) >= 11 is 1.46. The largest absolute Gasteiger partial charge is 0.344 e. The van der Waals surface area contributed by atoms with Gasteiger partial charge in [0.2, 0.25) is 0 Å². The average Bonchev–Trinajstić information content (AvgIpc) is 3.34. The van der Waals surface area contributed by atoms with Crippen LogP contribution in [0.25, 0.3) is 10.6 Å². The van der Waals surface area contributed by atoms with Crippen molar-refractivity contribution in [2.75, 3.05) is 0 Å². The second-order valence-corrected chi connectivity index (χ2v) is 7.12. The molecule has 0 radical (unpaired) electrons. The highest BCUT2D eigenvalue weighted by molar-refractivity contribution is 7.14. The van der Waals surface area contributed by atoms with Crippen LogP contribution in [0, 0.1) is 5.92 Å². The molecule has 136 valence electrons. The average molecular weight is 370 g/mol. The Hall–Kier alpha value is -2.61. The molecule has 0 saturated heterocycles. The van der Waals surface area contributed by atoms with Gasteiger partial charge in [-0.15, -0.1) is 15.3 Å². The SMILES string of the molecule is CCC(CC)Cn1cc(C(=O)NCc2nnc(-c3ccccc3)s2)nn1. The van der Waals surface area contributed by atoms with Crippen LogP contribution < -0.4 is 5.32 Å². The van der Waals surface area contributed by atoms with Crippen LogP contribution >= 0.6 is 11.3 Å². The zero-order chi connectivity index (χ0) is 18.4. The van der Waals surface area contributed by atoms with E-state index in [0.717, 1.165) is 35.0 Å². The van der Waals surface area contributed by atoms with Crippen molar-refractivity contribution < 1.29 is 4.79 Å². The highest BCUT2D eigenvalue weighted by Crippen LogP contribution is 2.22. The van der Waals surface area contributed by atoms with Crippen molar-refractivity contribution in [3.05, 3.63) is 47.2 Å². The molecule has 26 heavy (non-hydrogen) atoms. The van der Waals surface area contributed by atoms with Crippen LogP contribution in [-0.2, 0) is 13.1 Å². The first kappa shape index (κ1) is 18.2. The van der Waals surface area contributed by atoms with E-state index in [2.05, 4.69) is 39.7 Å². The molecule has 1 amide bonds. The van der Waals surface area contributed by atoms with Crippen LogP contribution in [0.3, 0.4) is 0 Å². The van der Waals surface area contributed by atoms with Crippen molar-refractivity contribution >= 4 is 17.2 Å². The molecule has 0 spiro atoms. The van der Waals surface area contributed by atoms with Gasteiger partial charge in [0.25, 0.3) is 5.91 Å². The summed E-state index contributed by atoms with van der Waals surface area (Å²) < 4.78 is 1.74. The summed E-state index contributed by atoms with van der Waals surface area (Å²) in [6.07, 6.45) is 3.86. The summed E-state index contributed by atoms with van der Waals surface area (Å²) in [5.74, 6) is 0.294. The lowest BCUT2D eigenvalue weighted by atomic mass is 10.0. The number of rotatable bonds is 8. The number of carbonyl (C=O) groups is 1. The normalized spacial score (nSPS) is 11.0. The lowest BCUT2D eigenvalue weighted by Gasteiger charge is -2.10. The molecule has 0 saturated carbocycles. The Morgan fingerprint density at radius 2 is 1.92 bits per heavy atom. The smallest absolute Gasteiger partial charge is 0.273 e. The third-order valence-corrected chi connectivity index (χ3v) is 5.23. The number of benzene rings is 1. The third kappa shape index (κ3) is 4.51. The van der Waals surface area contributed by atoms with Crippen molar-refractivity contribution in [2.24, 2.45) is 5.92 Å². The molecule has 2 aromatic heterocycles. The topological polar surface area (TPSA) is 85.6 Å². The van der Waals surface area contributed by atoms with E-state index in [-0.39, 0.29) is 5.91 Å². The van der Waals surface area contributed by atoms with E-state index in [4.69, 9.17) is 0 Å². The Labute approximate surface area is 156 Å². The minimum absolute atomic E-state index is 0.253. The summed E-state index contributed by atoms with van der Waals surface area (Å²) in [6, 6.07) is 9.86. The van der Waals surface area contributed by atoms with E-state index in [1.807, 2.05) is 30.3 Å². The quantitative estimate of drug-likeness (QED) is 0.658. The molecule has 1 N–H and O–H groups in total. The summed E-state index contributed by atoms with van der Waals surface area (Å²) in [4.78, 5) is 12.3. The Bertz CT molecular complexity index is 840. The van der Waals surface area contributed by atoms with Crippen LogP contribution in [-0.4, -0.2) is 31.1 Å². The first-order valence-electron chi connectivity index (χ1n) is 8.75. The van der Waals surface area contributed by atoms with E-state index in [0.29, 0.717) is 18.2 Å². The molecule has 0 bridgehead atoms. The second kappa shape index (κ2) is 8.66. The van der Waals surface area contributed by atoms with Gasteiger partial charge in [-0.3, -0.25) is 9.48 Å². The van der Waals surface area contributed by atoms with Gasteiger partial charge in [-0.05, 0) is 5.92 Å². The van der Waals surface area contributed by atoms with E-state index in [9.17, 15) is 4.79 Å². The standard InChI is InChI=1S/C18H22N6OS/c1-3-13(4-2)11-24-12-15(20-23-24)17(25)19-10-16-21-22-18(26-16)14-8-6-5-7-9-14/h5-9,12-13H,3-4,10-11H2,1-2H3,(H,19,25). The van der Waals surface area contributed by atoms with Crippen molar-refractivity contribution in [2.45, 2.75) is 39.8 Å². The molecule has 0 aliphatic carbocycles. The maximum absolute atomic E-state index is 12.3. The van der Waals surface area contributed by atoms with Crippen LogP contribution in [0.1, 0.15) is 42.2 Å². The van der Waals surface area contributed by atoms with Gasteiger partial charge in [0.1, 0.15) is 10.0 Å². The maximum atomic E-state index is 12.3. The van der Waals surface area contributed by atoms with Crippen LogP contribution in [0.2, 0.25) is 0 Å². The molecular weight excluding hydrogens is 348 g/mol. The second-order valence-electron chi connectivity index (χ2n) is 6.06. The van der Waals surface area contributed by atoms with E-state index in [1.165, 1.54) is 11.3 Å².